The second-order valence-corrected chi connectivity index (χ2v) is 5.19. The van der Waals surface area contributed by atoms with Crippen LogP contribution in [0.5, 0.6) is 5.75 Å². The normalized spacial score (nSPS) is 10.5. The van der Waals surface area contributed by atoms with Gasteiger partial charge in [-0.1, -0.05) is 36.4 Å². The van der Waals surface area contributed by atoms with E-state index in [1.807, 2.05) is 48.5 Å². The van der Waals surface area contributed by atoms with Crippen LogP contribution in [0.15, 0.2) is 54.7 Å². The van der Waals surface area contributed by atoms with Gasteiger partial charge in [-0.05, 0) is 24.1 Å². The van der Waals surface area contributed by atoms with E-state index in [0.717, 1.165) is 27.9 Å². The molecule has 0 aliphatic rings. The smallest absolute Gasteiger partial charge is 0.319 e. The number of benzene rings is 2. The largest absolute Gasteiger partial charge is 0.496 e. The summed E-state index contributed by atoms with van der Waals surface area (Å²) >= 11 is 0. The number of aromatic nitrogens is 1. The van der Waals surface area contributed by atoms with Crippen molar-refractivity contribution in [2.75, 3.05) is 19.0 Å². The number of hydrogen-bond donors (Lipinski definition) is 3. The Balaban J connectivity index is 1.56. The molecular formula is C18H19N3O2. The van der Waals surface area contributed by atoms with E-state index in [0.29, 0.717) is 13.0 Å². The van der Waals surface area contributed by atoms with Gasteiger partial charge in [0.05, 0.1) is 12.8 Å². The van der Waals surface area contributed by atoms with E-state index in [1.165, 1.54) is 0 Å². The monoisotopic (exact) mass is 309 g/mol. The van der Waals surface area contributed by atoms with Gasteiger partial charge >= 0.3 is 6.03 Å². The van der Waals surface area contributed by atoms with Gasteiger partial charge in [0, 0.05) is 23.6 Å². The molecule has 0 atom stereocenters. The Bertz CT molecular complexity index is 811. The van der Waals surface area contributed by atoms with E-state index >= 15 is 0 Å². The first kappa shape index (κ1) is 15.0. The Labute approximate surface area is 134 Å². The van der Waals surface area contributed by atoms with Crippen molar-refractivity contribution in [3.05, 3.63) is 60.3 Å². The average molecular weight is 309 g/mol. The molecule has 3 aromatic rings. The Hall–Kier alpha value is -2.95. The molecule has 3 rings (SSSR count). The molecule has 0 saturated carbocycles. The minimum Gasteiger partial charge on any atom is -0.496 e. The molecule has 0 aliphatic heterocycles. The molecule has 5 nitrogen and oxygen atoms in total. The molecular weight excluding hydrogens is 290 g/mol. The zero-order chi connectivity index (χ0) is 16.1. The predicted octanol–water partition coefficient (Wildman–Crippen LogP) is 3.54. The number of para-hydroxylation sites is 2. The summed E-state index contributed by atoms with van der Waals surface area (Å²) < 4.78 is 5.30. The third-order valence-corrected chi connectivity index (χ3v) is 3.71. The molecule has 1 aromatic heterocycles. The molecule has 2 amide bonds. The molecule has 0 aliphatic carbocycles. The standard InChI is InChI=1S/C18H19N3O2/c1-23-17-9-5-2-6-13(17)10-11-19-18(22)21-16-12-20-15-8-4-3-7-14(15)16/h2-9,12,20H,10-11H2,1H3,(H2,19,21,22). The van der Waals surface area contributed by atoms with Crippen molar-refractivity contribution >= 4 is 22.6 Å². The number of H-pyrrole nitrogens is 1. The van der Waals surface area contributed by atoms with Crippen molar-refractivity contribution < 1.29 is 9.53 Å². The number of anilines is 1. The number of hydrogen-bond acceptors (Lipinski definition) is 2. The first-order valence-corrected chi connectivity index (χ1v) is 7.51. The highest BCUT2D eigenvalue weighted by Crippen LogP contribution is 2.22. The molecule has 0 spiro atoms. The van der Waals surface area contributed by atoms with Gasteiger partial charge in [0.15, 0.2) is 0 Å². The van der Waals surface area contributed by atoms with Crippen molar-refractivity contribution in [1.82, 2.24) is 10.3 Å². The summed E-state index contributed by atoms with van der Waals surface area (Å²) in [7, 11) is 1.65. The van der Waals surface area contributed by atoms with E-state index in [2.05, 4.69) is 15.6 Å². The molecule has 0 saturated heterocycles. The number of rotatable bonds is 5. The number of fused-ring (bicyclic) bond motifs is 1. The Morgan fingerprint density at radius 1 is 1.13 bits per heavy atom. The zero-order valence-corrected chi connectivity index (χ0v) is 12.9. The Kier molecular flexibility index (Phi) is 4.47. The maximum atomic E-state index is 12.0. The van der Waals surface area contributed by atoms with Gasteiger partial charge < -0.3 is 20.4 Å². The summed E-state index contributed by atoms with van der Waals surface area (Å²) in [6.07, 6.45) is 2.51. The van der Waals surface area contributed by atoms with Crippen molar-refractivity contribution in [3.63, 3.8) is 0 Å². The lowest BCUT2D eigenvalue weighted by Crippen LogP contribution is -2.30. The van der Waals surface area contributed by atoms with Crippen LogP contribution in [0.1, 0.15) is 5.56 Å². The number of carbonyl (C=O) groups is 1. The second kappa shape index (κ2) is 6.87. The van der Waals surface area contributed by atoms with Gasteiger partial charge in [0.25, 0.3) is 0 Å². The summed E-state index contributed by atoms with van der Waals surface area (Å²) in [5.74, 6) is 0.839. The predicted molar refractivity (Wildman–Crippen MR) is 92.0 cm³/mol. The van der Waals surface area contributed by atoms with Crippen LogP contribution in [0.25, 0.3) is 10.9 Å². The first-order chi connectivity index (χ1) is 11.3. The molecule has 0 radical (unpaired) electrons. The summed E-state index contributed by atoms with van der Waals surface area (Å²) in [5, 5.41) is 6.73. The number of nitrogens with one attached hydrogen (secondary N) is 3. The molecule has 3 N–H and O–H groups in total. The van der Waals surface area contributed by atoms with Crippen LogP contribution >= 0.6 is 0 Å². The fourth-order valence-corrected chi connectivity index (χ4v) is 2.56. The lowest BCUT2D eigenvalue weighted by molar-refractivity contribution is 0.252. The first-order valence-electron chi connectivity index (χ1n) is 7.51. The zero-order valence-electron chi connectivity index (χ0n) is 12.9. The van der Waals surface area contributed by atoms with Crippen molar-refractivity contribution in [2.45, 2.75) is 6.42 Å². The summed E-state index contributed by atoms with van der Waals surface area (Å²) in [5.41, 5.74) is 2.84. The Morgan fingerprint density at radius 3 is 2.78 bits per heavy atom. The van der Waals surface area contributed by atoms with E-state index in [-0.39, 0.29) is 6.03 Å². The molecule has 118 valence electrons. The number of amides is 2. The Morgan fingerprint density at radius 2 is 1.91 bits per heavy atom. The summed E-state index contributed by atoms with van der Waals surface area (Å²) in [6.45, 7) is 0.536. The molecule has 23 heavy (non-hydrogen) atoms. The van der Waals surface area contributed by atoms with Crippen LogP contribution in [-0.2, 0) is 6.42 Å². The maximum Gasteiger partial charge on any atom is 0.319 e. The van der Waals surface area contributed by atoms with E-state index in [1.54, 1.807) is 13.3 Å². The molecule has 0 unspecified atom stereocenters. The highest BCUT2D eigenvalue weighted by molar-refractivity contribution is 6.00. The van der Waals surface area contributed by atoms with Gasteiger partial charge in [-0.25, -0.2) is 4.79 Å². The van der Waals surface area contributed by atoms with Gasteiger partial charge in [0.2, 0.25) is 0 Å². The molecule has 0 fully saturated rings. The van der Waals surface area contributed by atoms with Crippen LogP contribution in [0.4, 0.5) is 10.5 Å². The van der Waals surface area contributed by atoms with E-state index in [4.69, 9.17) is 4.74 Å². The summed E-state index contributed by atoms with van der Waals surface area (Å²) in [6, 6.07) is 15.4. The van der Waals surface area contributed by atoms with Crippen LogP contribution in [-0.4, -0.2) is 24.7 Å². The van der Waals surface area contributed by atoms with Crippen molar-refractivity contribution in [1.29, 1.82) is 0 Å². The quantitative estimate of drug-likeness (QED) is 0.675. The lowest BCUT2D eigenvalue weighted by Gasteiger charge is -2.09. The number of carbonyl (C=O) groups excluding carboxylic acids is 1. The number of ether oxygens (including phenoxy) is 1. The van der Waals surface area contributed by atoms with Crippen LogP contribution in [0, 0.1) is 0 Å². The average Bonchev–Trinajstić information content (AvgIpc) is 2.98. The minimum atomic E-state index is -0.218. The van der Waals surface area contributed by atoms with Crippen LogP contribution in [0.3, 0.4) is 0 Å². The van der Waals surface area contributed by atoms with Gasteiger partial charge in [-0.15, -0.1) is 0 Å². The van der Waals surface area contributed by atoms with Gasteiger partial charge in [0.1, 0.15) is 5.75 Å². The summed E-state index contributed by atoms with van der Waals surface area (Å²) in [4.78, 5) is 15.2. The maximum absolute atomic E-state index is 12.0. The highest BCUT2D eigenvalue weighted by atomic mass is 16.5. The minimum absolute atomic E-state index is 0.218. The second-order valence-electron chi connectivity index (χ2n) is 5.19. The van der Waals surface area contributed by atoms with Crippen molar-refractivity contribution in [2.24, 2.45) is 0 Å². The van der Waals surface area contributed by atoms with Gasteiger partial charge in [-0.3, -0.25) is 0 Å². The van der Waals surface area contributed by atoms with E-state index < -0.39 is 0 Å². The van der Waals surface area contributed by atoms with Crippen LogP contribution in [0.2, 0.25) is 0 Å². The number of urea groups is 1. The number of methoxy groups -OCH3 is 1. The number of aromatic amines is 1. The topological polar surface area (TPSA) is 66.2 Å². The third-order valence-electron chi connectivity index (χ3n) is 3.71. The lowest BCUT2D eigenvalue weighted by atomic mass is 10.1. The third kappa shape index (κ3) is 3.45. The molecule has 0 bridgehead atoms. The van der Waals surface area contributed by atoms with Gasteiger partial charge in [-0.2, -0.15) is 0 Å². The molecule has 1 heterocycles. The van der Waals surface area contributed by atoms with Crippen LogP contribution < -0.4 is 15.4 Å². The fraction of sp³-hybridized carbons (Fsp3) is 0.167. The highest BCUT2D eigenvalue weighted by Gasteiger charge is 2.07. The van der Waals surface area contributed by atoms with E-state index in [9.17, 15) is 4.79 Å². The molecule has 5 heteroatoms. The SMILES string of the molecule is COc1ccccc1CCNC(=O)Nc1c[nH]c2ccccc12. The fourth-order valence-electron chi connectivity index (χ4n) is 2.56. The molecule has 2 aromatic carbocycles. The van der Waals surface area contributed by atoms with Crippen molar-refractivity contribution in [3.8, 4) is 5.75 Å².